The van der Waals surface area contributed by atoms with Crippen LogP contribution in [-0.4, -0.2) is 40.5 Å². The van der Waals surface area contributed by atoms with Crippen LogP contribution in [0.15, 0.2) is 131 Å². The first-order valence-corrected chi connectivity index (χ1v) is 17.3. The van der Waals surface area contributed by atoms with Crippen LogP contribution in [0.2, 0.25) is 0 Å². The lowest BCUT2D eigenvalue weighted by atomic mass is 10.1. The van der Waals surface area contributed by atoms with Gasteiger partial charge in [-0.1, -0.05) is 71.8 Å². The van der Waals surface area contributed by atoms with Gasteiger partial charge in [0.25, 0.3) is 0 Å². The Morgan fingerprint density at radius 2 is 1.04 bits per heavy atom. The Balaban J connectivity index is 0.000000156. The first-order valence-electron chi connectivity index (χ1n) is 17.3. The summed E-state index contributed by atoms with van der Waals surface area (Å²) in [5, 5.41) is 19.0. The van der Waals surface area contributed by atoms with Crippen molar-refractivity contribution in [2.24, 2.45) is 0 Å². The molecule has 0 unspecified atom stereocenters. The molecule has 55 heavy (non-hydrogen) atoms. The van der Waals surface area contributed by atoms with Crippen molar-refractivity contribution in [1.29, 1.82) is 0 Å². The van der Waals surface area contributed by atoms with Crippen LogP contribution in [0.4, 0.5) is 17.6 Å². The number of aromatic amines is 1. The molecule has 4 aromatic heterocycles. The fourth-order valence-electron chi connectivity index (χ4n) is 5.78. The third-order valence-corrected chi connectivity index (χ3v) is 8.82. The first-order chi connectivity index (χ1) is 26.5. The van der Waals surface area contributed by atoms with Gasteiger partial charge in [-0.05, 0) is 91.1 Å². The Hall–Kier alpha value is -6.60. The Bertz CT molecular complexity index is 2640. The average molecular weight is 749 g/mol. The predicted octanol–water partition coefficient (Wildman–Crippen LogP) is 7.49. The Morgan fingerprint density at radius 3 is 1.55 bits per heavy atom. The second-order valence-corrected chi connectivity index (χ2v) is 12.7. The summed E-state index contributed by atoms with van der Waals surface area (Å²) in [6.45, 7) is 3.92. The van der Waals surface area contributed by atoms with E-state index in [1.807, 2.05) is 68.4 Å². The zero-order valence-electron chi connectivity index (χ0n) is 29.9. The van der Waals surface area contributed by atoms with Gasteiger partial charge in [-0.3, -0.25) is 0 Å². The highest BCUT2D eigenvalue weighted by Crippen LogP contribution is 2.21. The number of nitrogens with zero attached hydrogens (tertiary/aromatic N) is 5. The molecule has 0 spiro atoms. The topological polar surface area (TPSA) is 110 Å². The monoisotopic (exact) mass is 748 g/mol. The summed E-state index contributed by atoms with van der Waals surface area (Å²) in [5.74, 6) is -2.43. The van der Waals surface area contributed by atoms with Crippen LogP contribution in [0.25, 0.3) is 33.5 Å². The molecule has 2 N–H and O–H groups in total. The summed E-state index contributed by atoms with van der Waals surface area (Å²) in [6, 6.07) is 31.0. The molecule has 0 aliphatic heterocycles. The molecule has 8 aromatic rings. The van der Waals surface area contributed by atoms with Gasteiger partial charge < -0.3 is 5.11 Å². The van der Waals surface area contributed by atoms with Crippen molar-refractivity contribution in [1.82, 2.24) is 28.8 Å². The van der Waals surface area contributed by atoms with Gasteiger partial charge in [-0.25, -0.2) is 45.7 Å². The second kappa shape index (κ2) is 17.0. The van der Waals surface area contributed by atoms with Crippen molar-refractivity contribution in [2.75, 3.05) is 6.61 Å². The number of halogens is 4. The Labute approximate surface area is 312 Å². The van der Waals surface area contributed by atoms with E-state index in [2.05, 4.69) is 27.4 Å². The molecule has 0 atom stereocenters. The van der Waals surface area contributed by atoms with Gasteiger partial charge in [0.05, 0.1) is 6.54 Å². The van der Waals surface area contributed by atoms with E-state index in [1.165, 1.54) is 55.4 Å². The fraction of sp³-hybridized carbons (Fsp3) is 0.143. The minimum atomic E-state index is -0.617. The third-order valence-electron chi connectivity index (χ3n) is 8.82. The van der Waals surface area contributed by atoms with Gasteiger partial charge >= 0.3 is 11.4 Å². The van der Waals surface area contributed by atoms with Gasteiger partial charge in [0.15, 0.2) is 11.3 Å². The maximum atomic E-state index is 13.8. The van der Waals surface area contributed by atoms with Gasteiger partial charge in [0, 0.05) is 36.5 Å². The van der Waals surface area contributed by atoms with E-state index in [9.17, 15) is 27.2 Å². The highest BCUT2D eigenvalue weighted by atomic mass is 19.1. The van der Waals surface area contributed by atoms with Gasteiger partial charge in [0.2, 0.25) is 0 Å². The highest BCUT2D eigenvalue weighted by molar-refractivity contribution is 5.65. The lowest BCUT2D eigenvalue weighted by Crippen LogP contribution is -2.22. The number of aliphatic hydroxyl groups is 1. The number of hydrogen-bond acceptors (Lipinski definition) is 5. The summed E-state index contributed by atoms with van der Waals surface area (Å²) in [6.07, 6.45) is 3.60. The third kappa shape index (κ3) is 8.96. The van der Waals surface area contributed by atoms with Gasteiger partial charge in [-0.15, -0.1) is 5.10 Å². The lowest BCUT2D eigenvalue weighted by Gasteiger charge is -2.04. The quantitative estimate of drug-likeness (QED) is 0.164. The highest BCUT2D eigenvalue weighted by Gasteiger charge is 2.13. The van der Waals surface area contributed by atoms with Crippen molar-refractivity contribution in [3.63, 3.8) is 0 Å². The number of nitrogens with one attached hydrogen (secondary N) is 1. The molecule has 4 heterocycles. The van der Waals surface area contributed by atoms with Crippen LogP contribution in [0.3, 0.4) is 0 Å². The van der Waals surface area contributed by atoms with Crippen LogP contribution >= 0.6 is 0 Å². The van der Waals surface area contributed by atoms with Crippen molar-refractivity contribution in [2.45, 2.75) is 33.2 Å². The number of benzene rings is 4. The van der Waals surface area contributed by atoms with Gasteiger partial charge in [0.1, 0.15) is 23.3 Å². The maximum absolute atomic E-state index is 13.8. The second-order valence-electron chi connectivity index (χ2n) is 12.7. The first kappa shape index (κ1) is 38.1. The minimum absolute atomic E-state index is 0.0263. The molecule has 0 amide bonds. The Kier molecular flexibility index (Phi) is 11.8. The zero-order chi connectivity index (χ0) is 39.1. The molecule has 0 aliphatic carbocycles. The van der Waals surface area contributed by atoms with Crippen molar-refractivity contribution < 1.29 is 22.7 Å². The van der Waals surface area contributed by atoms with E-state index >= 15 is 0 Å². The average Bonchev–Trinajstić information content (AvgIpc) is 3.71. The van der Waals surface area contributed by atoms with E-state index in [1.54, 1.807) is 18.5 Å². The summed E-state index contributed by atoms with van der Waals surface area (Å²) in [5.41, 5.74) is 6.84. The summed E-state index contributed by atoms with van der Waals surface area (Å²) in [4.78, 5) is 24.1. The minimum Gasteiger partial charge on any atom is -0.396 e. The molecule has 0 saturated heterocycles. The molecule has 9 nitrogen and oxygen atoms in total. The molecule has 4 aromatic carbocycles. The number of rotatable bonds is 7. The van der Waals surface area contributed by atoms with Crippen LogP contribution in [0.1, 0.15) is 22.3 Å². The number of aromatic nitrogens is 6. The number of aliphatic hydroxyl groups excluding tert-OH is 1. The molecular weight excluding hydrogens is 712 g/mol. The van der Waals surface area contributed by atoms with Crippen molar-refractivity contribution in [3.05, 3.63) is 188 Å². The number of hydrogen-bond donors (Lipinski definition) is 2. The SMILES string of the molecule is Cc1ccc(-c2ccc3n[nH]c(=O)n3c2)cc1.Cc1ccc(-c2ccc3nn(CCc4c(F)cccc4F)c(=O)n3c2)cc1.OCCc1c(F)cccc1F. The van der Waals surface area contributed by atoms with Crippen molar-refractivity contribution in [3.8, 4) is 22.3 Å². The smallest absolute Gasteiger partial charge is 0.350 e. The van der Waals surface area contributed by atoms with Crippen molar-refractivity contribution >= 4 is 11.3 Å². The van der Waals surface area contributed by atoms with E-state index in [0.717, 1.165) is 27.8 Å². The van der Waals surface area contributed by atoms with E-state index in [0.29, 0.717) is 11.3 Å². The fourth-order valence-corrected chi connectivity index (χ4v) is 5.78. The maximum Gasteiger partial charge on any atom is 0.350 e. The number of pyridine rings is 2. The van der Waals surface area contributed by atoms with E-state index in [4.69, 9.17) is 5.11 Å². The summed E-state index contributed by atoms with van der Waals surface area (Å²) >= 11 is 0. The molecule has 8 rings (SSSR count). The molecule has 0 saturated carbocycles. The summed E-state index contributed by atoms with van der Waals surface area (Å²) in [7, 11) is 0. The molecule has 13 heteroatoms. The van der Waals surface area contributed by atoms with E-state index in [-0.39, 0.29) is 48.5 Å². The number of aryl methyl sites for hydroxylation is 3. The predicted molar refractivity (Wildman–Crippen MR) is 203 cm³/mol. The molecular formula is C42H36F4N6O3. The van der Waals surface area contributed by atoms with Crippen LogP contribution in [-0.2, 0) is 19.4 Å². The Morgan fingerprint density at radius 1 is 0.582 bits per heavy atom. The van der Waals surface area contributed by atoms with Crippen LogP contribution in [0.5, 0.6) is 0 Å². The van der Waals surface area contributed by atoms with E-state index < -0.39 is 23.3 Å². The summed E-state index contributed by atoms with van der Waals surface area (Å²) < 4.78 is 57.1. The lowest BCUT2D eigenvalue weighted by molar-refractivity contribution is 0.295. The molecule has 0 aliphatic rings. The molecule has 0 bridgehead atoms. The molecule has 0 fully saturated rings. The largest absolute Gasteiger partial charge is 0.396 e. The standard InChI is InChI=1S/C21H17F2N3O.C13H11N3O.C8H8F2O/c1-14-5-7-15(8-6-14)16-9-10-20-24-26(21(27)25(20)13-16)12-11-17-18(22)3-2-4-19(17)23;1-9-2-4-10(5-3-9)11-6-7-12-14-15-13(17)16(12)8-11;9-7-2-1-3-8(10)6(7)4-5-11/h2-10,13H,11-12H2,1H3;2-8H,1H3,(H,15,17);1-3,11H,4-5H2. The molecule has 280 valence electrons. The van der Waals surface area contributed by atoms with Crippen LogP contribution < -0.4 is 11.4 Å². The zero-order valence-corrected chi connectivity index (χ0v) is 29.9. The number of fused-ring (bicyclic) bond motifs is 2. The normalized spacial score (nSPS) is 10.9. The number of H-pyrrole nitrogens is 1. The van der Waals surface area contributed by atoms with Gasteiger partial charge in [-0.2, -0.15) is 5.10 Å². The van der Waals surface area contributed by atoms with Crippen LogP contribution in [0, 0.1) is 37.1 Å². The molecule has 0 radical (unpaired) electrons.